The summed E-state index contributed by atoms with van der Waals surface area (Å²) in [5.41, 5.74) is 1.20. The Hall–Kier alpha value is -1.55. The molecule has 1 aromatic rings. The number of benzene rings is 1. The average Bonchev–Trinajstić information content (AvgIpc) is 2.61. The molecule has 1 heterocycles. The minimum Gasteiger partial charge on any atom is -0.484 e. The molecular formula is C20H31N2O2+. The van der Waals surface area contributed by atoms with Gasteiger partial charge < -0.3 is 14.5 Å². The molecule has 1 aliphatic carbocycles. The number of aryl methyl sites for hydroxylation is 1. The highest BCUT2D eigenvalue weighted by atomic mass is 16.5. The van der Waals surface area contributed by atoms with Crippen LogP contribution in [0.2, 0.25) is 0 Å². The molecule has 1 aliphatic heterocycles. The van der Waals surface area contributed by atoms with E-state index in [0.717, 1.165) is 43.9 Å². The van der Waals surface area contributed by atoms with E-state index in [1.807, 2.05) is 36.1 Å². The van der Waals surface area contributed by atoms with Crippen molar-refractivity contribution in [3.8, 4) is 5.75 Å². The van der Waals surface area contributed by atoms with Crippen LogP contribution in [-0.4, -0.2) is 49.6 Å². The molecule has 2 atom stereocenters. The lowest BCUT2D eigenvalue weighted by Crippen LogP contribution is -3.18. The Balaban J connectivity index is 1.42. The second-order valence-corrected chi connectivity index (χ2v) is 7.61. The van der Waals surface area contributed by atoms with Gasteiger partial charge in [-0.05, 0) is 37.8 Å². The second-order valence-electron chi connectivity index (χ2n) is 7.61. The number of nitrogens with one attached hydrogen (secondary N) is 1. The van der Waals surface area contributed by atoms with Crippen molar-refractivity contribution in [3.63, 3.8) is 0 Å². The van der Waals surface area contributed by atoms with E-state index in [1.165, 1.54) is 31.2 Å². The number of carbonyl (C=O) groups is 1. The average molecular weight is 331 g/mol. The van der Waals surface area contributed by atoms with Crippen LogP contribution in [0, 0.1) is 12.8 Å². The summed E-state index contributed by atoms with van der Waals surface area (Å²) in [5, 5.41) is 0. The molecule has 2 fully saturated rings. The molecule has 4 nitrogen and oxygen atoms in total. The van der Waals surface area contributed by atoms with Gasteiger partial charge >= 0.3 is 0 Å². The summed E-state index contributed by atoms with van der Waals surface area (Å²) >= 11 is 0. The van der Waals surface area contributed by atoms with E-state index < -0.39 is 0 Å². The minimum atomic E-state index is 0.117. The topological polar surface area (TPSA) is 34.0 Å². The van der Waals surface area contributed by atoms with E-state index in [-0.39, 0.29) is 12.5 Å². The third kappa shape index (κ3) is 4.50. The van der Waals surface area contributed by atoms with Gasteiger partial charge in [-0.3, -0.25) is 4.79 Å². The van der Waals surface area contributed by atoms with Crippen LogP contribution in [0.25, 0.3) is 0 Å². The normalized spacial score (nSPS) is 25.5. The van der Waals surface area contributed by atoms with Crippen molar-refractivity contribution in [1.29, 1.82) is 0 Å². The molecular weight excluding hydrogens is 300 g/mol. The summed E-state index contributed by atoms with van der Waals surface area (Å²) in [4.78, 5) is 16.1. The first-order valence-electron chi connectivity index (χ1n) is 9.43. The summed E-state index contributed by atoms with van der Waals surface area (Å²) in [6.45, 7) is 8.50. The first kappa shape index (κ1) is 17.3. The van der Waals surface area contributed by atoms with Crippen molar-refractivity contribution in [1.82, 2.24) is 4.90 Å². The summed E-state index contributed by atoms with van der Waals surface area (Å²) in [5.74, 6) is 1.76. The fourth-order valence-corrected chi connectivity index (χ4v) is 4.13. The molecule has 1 aromatic carbocycles. The Labute approximate surface area is 145 Å². The Kier molecular flexibility index (Phi) is 5.77. The Morgan fingerprint density at radius 2 is 1.92 bits per heavy atom. The van der Waals surface area contributed by atoms with Gasteiger partial charge in [0, 0.05) is 6.42 Å². The first-order valence-corrected chi connectivity index (χ1v) is 9.43. The zero-order valence-corrected chi connectivity index (χ0v) is 15.1. The predicted octanol–water partition coefficient (Wildman–Crippen LogP) is 1.68. The lowest BCUT2D eigenvalue weighted by atomic mass is 9.86. The van der Waals surface area contributed by atoms with Gasteiger partial charge in [0.05, 0.1) is 32.2 Å². The number of hydrogen-bond acceptors (Lipinski definition) is 2. The van der Waals surface area contributed by atoms with Gasteiger partial charge in [-0.2, -0.15) is 0 Å². The quantitative estimate of drug-likeness (QED) is 0.911. The maximum absolute atomic E-state index is 12.4. The van der Waals surface area contributed by atoms with E-state index in [0.29, 0.717) is 0 Å². The highest BCUT2D eigenvalue weighted by Gasteiger charge is 2.31. The van der Waals surface area contributed by atoms with Crippen LogP contribution < -0.4 is 9.64 Å². The third-order valence-electron chi connectivity index (χ3n) is 5.66. The number of piperazine rings is 1. The summed E-state index contributed by atoms with van der Waals surface area (Å²) in [7, 11) is 0. The minimum absolute atomic E-state index is 0.117. The van der Waals surface area contributed by atoms with E-state index in [2.05, 4.69) is 6.92 Å². The van der Waals surface area contributed by atoms with Crippen molar-refractivity contribution in [2.45, 2.75) is 45.6 Å². The molecule has 132 valence electrons. The molecule has 0 unspecified atom stereocenters. The maximum Gasteiger partial charge on any atom is 0.260 e. The summed E-state index contributed by atoms with van der Waals surface area (Å²) in [6.07, 6.45) is 5.50. The van der Waals surface area contributed by atoms with E-state index >= 15 is 0 Å². The van der Waals surface area contributed by atoms with Crippen molar-refractivity contribution in [2.24, 2.45) is 5.92 Å². The van der Waals surface area contributed by atoms with Crippen molar-refractivity contribution < 1.29 is 14.4 Å². The molecule has 0 bridgehead atoms. The SMILES string of the molecule is Cc1ccc(OCC(=O)N2CC[NH+]([C@H]3CCC[C@H](C)C3)CC2)cc1. The third-order valence-corrected chi connectivity index (χ3v) is 5.66. The van der Waals surface area contributed by atoms with Gasteiger partial charge in [0.1, 0.15) is 5.75 Å². The van der Waals surface area contributed by atoms with Gasteiger partial charge in [0.15, 0.2) is 6.61 Å². The van der Waals surface area contributed by atoms with Crippen molar-refractivity contribution in [3.05, 3.63) is 29.8 Å². The Morgan fingerprint density at radius 1 is 1.21 bits per heavy atom. The molecule has 0 spiro atoms. The predicted molar refractivity (Wildman–Crippen MR) is 95.4 cm³/mol. The Morgan fingerprint density at radius 3 is 2.58 bits per heavy atom. The number of nitrogens with zero attached hydrogens (tertiary/aromatic N) is 1. The largest absolute Gasteiger partial charge is 0.484 e. The molecule has 4 heteroatoms. The van der Waals surface area contributed by atoms with Crippen molar-refractivity contribution in [2.75, 3.05) is 32.8 Å². The molecule has 3 rings (SSSR count). The lowest BCUT2D eigenvalue weighted by Gasteiger charge is -2.39. The molecule has 24 heavy (non-hydrogen) atoms. The van der Waals surface area contributed by atoms with Gasteiger partial charge in [-0.25, -0.2) is 0 Å². The van der Waals surface area contributed by atoms with Crippen LogP contribution in [0.15, 0.2) is 24.3 Å². The first-order chi connectivity index (χ1) is 11.6. The molecule has 1 N–H and O–H groups in total. The molecule has 1 saturated heterocycles. The maximum atomic E-state index is 12.4. The smallest absolute Gasteiger partial charge is 0.260 e. The van der Waals surface area contributed by atoms with Gasteiger partial charge in [0.2, 0.25) is 0 Å². The molecule has 2 aliphatic rings. The zero-order chi connectivity index (χ0) is 16.9. The number of quaternary nitrogens is 1. The fraction of sp³-hybridized carbons (Fsp3) is 0.650. The monoisotopic (exact) mass is 331 g/mol. The number of carbonyl (C=O) groups excluding carboxylic acids is 1. The summed E-state index contributed by atoms with van der Waals surface area (Å²) in [6, 6.07) is 8.68. The lowest BCUT2D eigenvalue weighted by molar-refractivity contribution is -0.930. The van der Waals surface area contributed by atoms with Crippen LogP contribution in [-0.2, 0) is 4.79 Å². The number of hydrogen-bond donors (Lipinski definition) is 1. The summed E-state index contributed by atoms with van der Waals surface area (Å²) < 4.78 is 5.64. The molecule has 1 saturated carbocycles. The van der Waals surface area contributed by atoms with E-state index in [9.17, 15) is 4.79 Å². The van der Waals surface area contributed by atoms with Crippen LogP contribution in [0.1, 0.15) is 38.2 Å². The van der Waals surface area contributed by atoms with Crippen LogP contribution in [0.3, 0.4) is 0 Å². The van der Waals surface area contributed by atoms with Gasteiger partial charge in [-0.1, -0.05) is 31.0 Å². The molecule has 0 aromatic heterocycles. The Bertz CT molecular complexity index is 535. The van der Waals surface area contributed by atoms with Gasteiger partial charge in [-0.15, -0.1) is 0 Å². The molecule has 0 radical (unpaired) electrons. The molecule has 1 amide bonds. The number of amides is 1. The highest BCUT2D eigenvalue weighted by molar-refractivity contribution is 5.77. The van der Waals surface area contributed by atoms with E-state index in [1.54, 1.807) is 4.90 Å². The van der Waals surface area contributed by atoms with Crippen LogP contribution in [0.4, 0.5) is 0 Å². The fourth-order valence-electron chi connectivity index (χ4n) is 4.13. The van der Waals surface area contributed by atoms with Gasteiger partial charge in [0.25, 0.3) is 5.91 Å². The highest BCUT2D eigenvalue weighted by Crippen LogP contribution is 2.22. The van der Waals surface area contributed by atoms with Crippen LogP contribution in [0.5, 0.6) is 5.75 Å². The number of rotatable bonds is 4. The zero-order valence-electron chi connectivity index (χ0n) is 15.1. The van der Waals surface area contributed by atoms with Crippen molar-refractivity contribution >= 4 is 5.91 Å². The van der Waals surface area contributed by atoms with Crippen LogP contribution >= 0.6 is 0 Å². The van der Waals surface area contributed by atoms with E-state index in [4.69, 9.17) is 4.74 Å². The number of ether oxygens (including phenoxy) is 1. The second kappa shape index (κ2) is 8.02. The standard InChI is InChI=1S/C20H30N2O2/c1-16-6-8-19(9-7-16)24-15-20(23)22-12-10-21(11-13-22)18-5-3-4-17(2)14-18/h6-9,17-18H,3-5,10-15H2,1-2H3/p+1/t17-,18-/m0/s1.